The highest BCUT2D eigenvalue weighted by atomic mass is 35.5. The maximum atomic E-state index is 12.6. The van der Waals surface area contributed by atoms with Gasteiger partial charge in [-0.2, -0.15) is 0 Å². The van der Waals surface area contributed by atoms with Gasteiger partial charge in [-0.1, -0.05) is 11.6 Å². The number of carbonyl (C=O) groups excluding carboxylic acids is 2. The molecule has 1 amide bonds. The number of nitrogens with one attached hydrogen (secondary N) is 2. The van der Waals surface area contributed by atoms with E-state index in [9.17, 15) is 9.59 Å². The minimum absolute atomic E-state index is 0.0314. The highest BCUT2D eigenvalue weighted by Crippen LogP contribution is 2.58. The van der Waals surface area contributed by atoms with Gasteiger partial charge in [-0.25, -0.2) is 4.98 Å². The van der Waals surface area contributed by atoms with Crippen LogP contribution in [0.15, 0.2) is 12.3 Å². The molecule has 0 unspecified atom stereocenters. The number of carbonyl (C=O) groups is 2. The lowest BCUT2D eigenvalue weighted by Crippen LogP contribution is -2.57. The second kappa shape index (κ2) is 6.83. The molecule has 1 aromatic heterocycles. The number of hydrogen-bond donors (Lipinski definition) is 2. The van der Waals surface area contributed by atoms with E-state index in [0.717, 1.165) is 25.7 Å². The highest BCUT2D eigenvalue weighted by Gasteiger charge is 2.55. The molecule has 6 nitrogen and oxygen atoms in total. The molecule has 2 aliphatic rings. The van der Waals surface area contributed by atoms with Crippen molar-refractivity contribution in [1.29, 1.82) is 0 Å². The molecule has 1 heterocycles. The first-order chi connectivity index (χ1) is 11.8. The number of rotatable bonds is 5. The van der Waals surface area contributed by atoms with Crippen molar-refractivity contribution in [2.75, 3.05) is 12.4 Å². The van der Waals surface area contributed by atoms with E-state index < -0.39 is 0 Å². The van der Waals surface area contributed by atoms with Gasteiger partial charge >= 0.3 is 5.97 Å². The Morgan fingerprint density at radius 2 is 2.00 bits per heavy atom. The normalized spacial score (nSPS) is 27.4. The second-order valence-electron chi connectivity index (χ2n) is 7.56. The van der Waals surface area contributed by atoms with Crippen LogP contribution in [0.1, 0.15) is 49.9 Å². The zero-order chi connectivity index (χ0) is 18.2. The largest absolute Gasteiger partial charge is 0.469 e. The molecule has 136 valence electrons. The van der Waals surface area contributed by atoms with Crippen molar-refractivity contribution in [1.82, 2.24) is 10.3 Å². The molecular formula is C18H24ClN3O3. The third-order valence-corrected chi connectivity index (χ3v) is 5.35. The van der Waals surface area contributed by atoms with Crippen LogP contribution in [0, 0.1) is 11.3 Å². The summed E-state index contributed by atoms with van der Waals surface area (Å²) in [6.07, 6.45) is 5.08. The zero-order valence-electron chi connectivity index (χ0n) is 14.8. The fourth-order valence-electron chi connectivity index (χ4n) is 4.04. The highest BCUT2D eigenvalue weighted by molar-refractivity contribution is 6.29. The Kier molecular flexibility index (Phi) is 4.91. The molecule has 0 saturated heterocycles. The molecule has 0 bridgehead atoms. The van der Waals surface area contributed by atoms with Crippen molar-refractivity contribution < 1.29 is 14.3 Å². The summed E-state index contributed by atoms with van der Waals surface area (Å²) in [5.41, 5.74) is 1.41. The summed E-state index contributed by atoms with van der Waals surface area (Å²) in [6, 6.07) is 2.00. The summed E-state index contributed by atoms with van der Waals surface area (Å²) in [7, 11) is 1.43. The van der Waals surface area contributed by atoms with Crippen LogP contribution in [-0.4, -0.2) is 36.1 Å². The first kappa shape index (κ1) is 18.0. The van der Waals surface area contributed by atoms with Crippen LogP contribution < -0.4 is 10.6 Å². The fourth-order valence-corrected chi connectivity index (χ4v) is 4.20. The van der Waals surface area contributed by atoms with Crippen molar-refractivity contribution in [3.05, 3.63) is 23.0 Å². The van der Waals surface area contributed by atoms with Crippen LogP contribution in [-0.2, 0) is 9.53 Å². The molecule has 3 rings (SSSR count). The molecule has 0 aromatic carbocycles. The molecule has 25 heavy (non-hydrogen) atoms. The minimum Gasteiger partial charge on any atom is -0.469 e. The maximum absolute atomic E-state index is 12.6. The van der Waals surface area contributed by atoms with Gasteiger partial charge in [0.2, 0.25) is 0 Å². The summed E-state index contributed by atoms with van der Waals surface area (Å²) in [5, 5.41) is 6.65. The van der Waals surface area contributed by atoms with Crippen LogP contribution in [0.2, 0.25) is 5.15 Å². The number of ether oxygens (including phenoxy) is 1. The van der Waals surface area contributed by atoms with Gasteiger partial charge in [-0.15, -0.1) is 0 Å². The number of anilines is 1. The van der Waals surface area contributed by atoms with Gasteiger partial charge in [0, 0.05) is 18.3 Å². The first-order valence-corrected chi connectivity index (χ1v) is 9.00. The Morgan fingerprint density at radius 3 is 2.60 bits per heavy atom. The van der Waals surface area contributed by atoms with Crippen LogP contribution in [0.5, 0.6) is 0 Å². The van der Waals surface area contributed by atoms with E-state index in [-0.39, 0.29) is 35.3 Å². The second-order valence-corrected chi connectivity index (χ2v) is 7.95. The topological polar surface area (TPSA) is 80.3 Å². The number of halogens is 1. The lowest BCUT2D eigenvalue weighted by molar-refractivity contribution is -0.159. The Bertz CT molecular complexity index is 678. The molecule has 2 N–H and O–H groups in total. The Labute approximate surface area is 152 Å². The molecule has 2 fully saturated rings. The summed E-state index contributed by atoms with van der Waals surface area (Å²) in [6.45, 7) is 4.00. The van der Waals surface area contributed by atoms with Crippen molar-refractivity contribution in [2.45, 2.75) is 51.6 Å². The van der Waals surface area contributed by atoms with E-state index in [1.165, 1.54) is 13.3 Å². The van der Waals surface area contributed by atoms with Crippen LogP contribution in [0.4, 0.5) is 5.69 Å². The molecule has 2 aliphatic carbocycles. The van der Waals surface area contributed by atoms with E-state index in [1.807, 2.05) is 13.8 Å². The van der Waals surface area contributed by atoms with Crippen LogP contribution in [0.25, 0.3) is 0 Å². The van der Waals surface area contributed by atoms with Gasteiger partial charge in [0.15, 0.2) is 0 Å². The smallest absolute Gasteiger partial charge is 0.308 e. The number of esters is 1. The third kappa shape index (κ3) is 3.73. The van der Waals surface area contributed by atoms with E-state index in [1.54, 1.807) is 6.07 Å². The lowest BCUT2D eigenvalue weighted by atomic mass is 9.50. The standard InChI is InChI=1S/C18H24ClN3O3/c1-10(2)21-14-4-15(19)20-9-13(14)16(23)22-12-7-18(8-12)5-11(6-18)17(24)25-3/h4,9-12H,5-8H2,1-3H3,(H,20,21)(H,22,23). The Morgan fingerprint density at radius 1 is 1.32 bits per heavy atom. The SMILES string of the molecule is COC(=O)C1CC2(CC(NC(=O)c3cnc(Cl)cc3NC(C)C)C2)C1. The number of pyridine rings is 1. The van der Waals surface area contributed by atoms with Gasteiger partial charge in [0.05, 0.1) is 24.3 Å². The summed E-state index contributed by atoms with van der Waals surface area (Å²) >= 11 is 5.94. The first-order valence-electron chi connectivity index (χ1n) is 8.63. The number of methoxy groups -OCH3 is 1. The van der Waals surface area contributed by atoms with Gasteiger partial charge in [-0.05, 0) is 51.0 Å². The Hall–Kier alpha value is -1.82. The number of amides is 1. The predicted molar refractivity (Wildman–Crippen MR) is 95.7 cm³/mol. The quantitative estimate of drug-likeness (QED) is 0.619. The van der Waals surface area contributed by atoms with Gasteiger partial charge < -0.3 is 15.4 Å². The van der Waals surface area contributed by atoms with Crippen molar-refractivity contribution >= 4 is 29.2 Å². The fraction of sp³-hybridized carbons (Fsp3) is 0.611. The monoisotopic (exact) mass is 365 g/mol. The molecule has 1 spiro atoms. The summed E-state index contributed by atoms with van der Waals surface area (Å²) in [4.78, 5) is 28.1. The van der Waals surface area contributed by atoms with Gasteiger partial charge in [0.1, 0.15) is 5.15 Å². The molecule has 1 aromatic rings. The molecule has 2 saturated carbocycles. The van der Waals surface area contributed by atoms with E-state index >= 15 is 0 Å². The van der Waals surface area contributed by atoms with Crippen LogP contribution >= 0.6 is 11.6 Å². The van der Waals surface area contributed by atoms with Gasteiger partial charge in [-0.3, -0.25) is 9.59 Å². The number of nitrogens with zero attached hydrogens (tertiary/aromatic N) is 1. The predicted octanol–water partition coefficient (Wildman–Crippen LogP) is 3.02. The van der Waals surface area contributed by atoms with Gasteiger partial charge in [0.25, 0.3) is 5.91 Å². The van der Waals surface area contributed by atoms with Crippen LogP contribution in [0.3, 0.4) is 0 Å². The zero-order valence-corrected chi connectivity index (χ0v) is 15.5. The van der Waals surface area contributed by atoms with E-state index in [2.05, 4.69) is 15.6 Å². The van der Waals surface area contributed by atoms with E-state index in [0.29, 0.717) is 16.4 Å². The van der Waals surface area contributed by atoms with Crippen molar-refractivity contribution in [3.8, 4) is 0 Å². The number of aromatic nitrogens is 1. The van der Waals surface area contributed by atoms with E-state index in [4.69, 9.17) is 16.3 Å². The lowest BCUT2D eigenvalue weighted by Gasteiger charge is -2.56. The Balaban J connectivity index is 1.56. The summed E-state index contributed by atoms with van der Waals surface area (Å²) < 4.78 is 4.79. The molecular weight excluding hydrogens is 342 g/mol. The average molecular weight is 366 g/mol. The minimum atomic E-state index is -0.143. The molecule has 0 radical (unpaired) electrons. The summed E-state index contributed by atoms with van der Waals surface area (Å²) in [5.74, 6) is -0.227. The maximum Gasteiger partial charge on any atom is 0.308 e. The molecule has 0 aliphatic heterocycles. The third-order valence-electron chi connectivity index (χ3n) is 5.15. The number of hydrogen-bond acceptors (Lipinski definition) is 5. The average Bonchev–Trinajstić information content (AvgIpc) is 2.46. The van der Waals surface area contributed by atoms with Crippen molar-refractivity contribution in [3.63, 3.8) is 0 Å². The molecule has 0 atom stereocenters. The molecule has 7 heteroatoms. The van der Waals surface area contributed by atoms with Crippen molar-refractivity contribution in [2.24, 2.45) is 11.3 Å².